The number of amides is 2. The van der Waals surface area contributed by atoms with Gasteiger partial charge in [-0.3, -0.25) is 9.59 Å². The Morgan fingerprint density at radius 1 is 1.11 bits per heavy atom. The topological polar surface area (TPSA) is 89.4 Å². The van der Waals surface area contributed by atoms with Crippen LogP contribution in [0.1, 0.15) is 44.9 Å². The van der Waals surface area contributed by atoms with Crippen LogP contribution in [0, 0.1) is 11.8 Å². The van der Waals surface area contributed by atoms with Crippen LogP contribution in [0.3, 0.4) is 0 Å². The average Bonchev–Trinajstić information content (AvgIpc) is 2.46. The molecule has 0 aromatic rings. The molecule has 1 heterocycles. The second-order valence-electron chi connectivity index (χ2n) is 5.91. The van der Waals surface area contributed by atoms with E-state index in [-0.39, 0.29) is 23.8 Å². The molecule has 2 fully saturated rings. The number of rotatable bonds is 3. The first-order valence-corrected chi connectivity index (χ1v) is 7.43. The van der Waals surface area contributed by atoms with Crippen LogP contribution in [0.4, 0.5) is 0 Å². The van der Waals surface area contributed by atoms with Gasteiger partial charge in [0.1, 0.15) is 6.04 Å². The summed E-state index contributed by atoms with van der Waals surface area (Å²) in [7, 11) is 0. The lowest BCUT2D eigenvalue weighted by molar-refractivity contribution is -0.145. The molecule has 3 atom stereocenters. The molecule has 19 heavy (non-hydrogen) atoms. The van der Waals surface area contributed by atoms with E-state index in [0.717, 1.165) is 38.5 Å². The molecule has 0 bridgehead atoms. The lowest BCUT2D eigenvalue weighted by atomic mass is 9.80. The fraction of sp³-hybridized carbons (Fsp3) is 0.857. The summed E-state index contributed by atoms with van der Waals surface area (Å²) in [4.78, 5) is 25.8. The van der Waals surface area contributed by atoms with Crippen molar-refractivity contribution in [3.63, 3.8) is 0 Å². The SMILES string of the molecule is NCC1CCCC(C(=O)N2CCCCC2C(N)=O)C1. The first kappa shape index (κ1) is 14.3. The summed E-state index contributed by atoms with van der Waals surface area (Å²) in [5, 5.41) is 0. The maximum absolute atomic E-state index is 12.6. The van der Waals surface area contributed by atoms with Crippen LogP contribution in [0.15, 0.2) is 0 Å². The molecule has 2 amide bonds. The zero-order chi connectivity index (χ0) is 13.8. The maximum atomic E-state index is 12.6. The largest absolute Gasteiger partial charge is 0.368 e. The van der Waals surface area contributed by atoms with Crippen molar-refractivity contribution < 1.29 is 9.59 Å². The van der Waals surface area contributed by atoms with E-state index < -0.39 is 0 Å². The smallest absolute Gasteiger partial charge is 0.240 e. The van der Waals surface area contributed by atoms with Gasteiger partial charge in [-0.25, -0.2) is 0 Å². The number of nitrogens with two attached hydrogens (primary N) is 2. The number of nitrogens with zero attached hydrogens (tertiary/aromatic N) is 1. The van der Waals surface area contributed by atoms with Crippen molar-refractivity contribution in [2.24, 2.45) is 23.3 Å². The van der Waals surface area contributed by atoms with Gasteiger partial charge in [0.25, 0.3) is 0 Å². The number of primary amides is 1. The second-order valence-corrected chi connectivity index (χ2v) is 5.91. The first-order chi connectivity index (χ1) is 9.13. The van der Waals surface area contributed by atoms with E-state index in [0.29, 0.717) is 25.4 Å². The van der Waals surface area contributed by atoms with E-state index in [1.54, 1.807) is 4.90 Å². The van der Waals surface area contributed by atoms with Crippen LogP contribution >= 0.6 is 0 Å². The average molecular weight is 267 g/mol. The standard InChI is InChI=1S/C14H25N3O2/c15-9-10-4-3-5-11(8-10)14(19)17-7-2-1-6-12(17)13(16)18/h10-12H,1-9,15H2,(H2,16,18). The minimum Gasteiger partial charge on any atom is -0.368 e. The van der Waals surface area contributed by atoms with Crippen molar-refractivity contribution in [1.82, 2.24) is 4.90 Å². The molecule has 0 aromatic heterocycles. The van der Waals surface area contributed by atoms with Gasteiger partial charge >= 0.3 is 0 Å². The number of likely N-dealkylation sites (tertiary alicyclic amines) is 1. The Labute approximate surface area is 114 Å². The molecule has 108 valence electrons. The molecule has 4 N–H and O–H groups in total. The quantitative estimate of drug-likeness (QED) is 0.785. The summed E-state index contributed by atoms with van der Waals surface area (Å²) in [5.41, 5.74) is 11.1. The Kier molecular flexibility index (Phi) is 4.80. The third-order valence-electron chi connectivity index (χ3n) is 4.58. The summed E-state index contributed by atoms with van der Waals surface area (Å²) in [6.07, 6.45) is 6.66. The number of carbonyl (C=O) groups is 2. The normalized spacial score (nSPS) is 32.1. The van der Waals surface area contributed by atoms with Gasteiger partial charge in [0, 0.05) is 12.5 Å². The summed E-state index contributed by atoms with van der Waals surface area (Å²) in [5.74, 6) is 0.266. The van der Waals surface area contributed by atoms with E-state index >= 15 is 0 Å². The molecule has 1 saturated heterocycles. The van der Waals surface area contributed by atoms with Crippen molar-refractivity contribution in [2.75, 3.05) is 13.1 Å². The Morgan fingerprint density at radius 2 is 1.89 bits per heavy atom. The molecular formula is C14H25N3O2. The number of carbonyl (C=O) groups excluding carboxylic acids is 2. The molecule has 1 saturated carbocycles. The number of piperidine rings is 1. The van der Waals surface area contributed by atoms with Gasteiger partial charge in [-0.05, 0) is 51.0 Å². The van der Waals surface area contributed by atoms with Gasteiger partial charge in [0.2, 0.25) is 11.8 Å². The minimum atomic E-state index is -0.389. The summed E-state index contributed by atoms with van der Waals surface area (Å²) in [6.45, 7) is 1.33. The highest BCUT2D eigenvalue weighted by Crippen LogP contribution is 2.31. The lowest BCUT2D eigenvalue weighted by Gasteiger charge is -2.38. The zero-order valence-electron chi connectivity index (χ0n) is 11.5. The van der Waals surface area contributed by atoms with E-state index in [4.69, 9.17) is 11.5 Å². The van der Waals surface area contributed by atoms with Gasteiger partial charge in [-0.15, -0.1) is 0 Å². The second kappa shape index (κ2) is 6.37. The van der Waals surface area contributed by atoms with Crippen LogP contribution in [0.5, 0.6) is 0 Å². The lowest BCUT2D eigenvalue weighted by Crippen LogP contribution is -2.52. The molecule has 0 aromatic carbocycles. The summed E-state index contributed by atoms with van der Waals surface area (Å²) in [6, 6.07) is -0.389. The summed E-state index contributed by atoms with van der Waals surface area (Å²) >= 11 is 0. The molecule has 1 aliphatic carbocycles. The third-order valence-corrected chi connectivity index (χ3v) is 4.58. The Morgan fingerprint density at radius 3 is 2.58 bits per heavy atom. The highest BCUT2D eigenvalue weighted by atomic mass is 16.2. The van der Waals surface area contributed by atoms with Crippen LogP contribution in [-0.4, -0.2) is 35.8 Å². The van der Waals surface area contributed by atoms with Gasteiger partial charge in [-0.1, -0.05) is 6.42 Å². The third kappa shape index (κ3) is 3.26. The number of hydrogen-bond acceptors (Lipinski definition) is 3. The molecule has 2 rings (SSSR count). The molecular weight excluding hydrogens is 242 g/mol. The first-order valence-electron chi connectivity index (χ1n) is 7.43. The molecule has 5 heteroatoms. The van der Waals surface area contributed by atoms with Crippen molar-refractivity contribution in [2.45, 2.75) is 51.0 Å². The van der Waals surface area contributed by atoms with E-state index in [1.807, 2.05) is 0 Å². The van der Waals surface area contributed by atoms with Crippen molar-refractivity contribution in [3.8, 4) is 0 Å². The van der Waals surface area contributed by atoms with E-state index in [2.05, 4.69) is 0 Å². The minimum absolute atomic E-state index is 0.0437. The molecule has 1 aliphatic heterocycles. The van der Waals surface area contributed by atoms with Gasteiger partial charge < -0.3 is 16.4 Å². The Balaban J connectivity index is 2.02. The maximum Gasteiger partial charge on any atom is 0.240 e. The highest BCUT2D eigenvalue weighted by Gasteiger charge is 2.36. The monoisotopic (exact) mass is 267 g/mol. The van der Waals surface area contributed by atoms with Crippen LogP contribution in [0.2, 0.25) is 0 Å². The van der Waals surface area contributed by atoms with Gasteiger partial charge in [0.15, 0.2) is 0 Å². The van der Waals surface area contributed by atoms with Crippen molar-refractivity contribution in [3.05, 3.63) is 0 Å². The predicted octanol–water partition coefficient (Wildman–Crippen LogP) is 0.618. The van der Waals surface area contributed by atoms with E-state index in [9.17, 15) is 9.59 Å². The molecule has 2 aliphatic rings. The van der Waals surface area contributed by atoms with Crippen LogP contribution < -0.4 is 11.5 Å². The van der Waals surface area contributed by atoms with Crippen LogP contribution in [0.25, 0.3) is 0 Å². The summed E-state index contributed by atoms with van der Waals surface area (Å²) < 4.78 is 0. The number of hydrogen-bond donors (Lipinski definition) is 2. The fourth-order valence-electron chi connectivity index (χ4n) is 3.46. The van der Waals surface area contributed by atoms with Crippen molar-refractivity contribution >= 4 is 11.8 Å². The van der Waals surface area contributed by atoms with Gasteiger partial charge in [0.05, 0.1) is 0 Å². The predicted molar refractivity (Wildman–Crippen MR) is 73.0 cm³/mol. The molecule has 5 nitrogen and oxygen atoms in total. The van der Waals surface area contributed by atoms with Gasteiger partial charge in [-0.2, -0.15) is 0 Å². The molecule has 3 unspecified atom stereocenters. The molecule has 0 spiro atoms. The zero-order valence-corrected chi connectivity index (χ0v) is 11.5. The Hall–Kier alpha value is -1.10. The molecule has 0 radical (unpaired) electrons. The van der Waals surface area contributed by atoms with Crippen LogP contribution in [-0.2, 0) is 9.59 Å². The highest BCUT2D eigenvalue weighted by molar-refractivity contribution is 5.87. The van der Waals surface area contributed by atoms with E-state index in [1.165, 1.54) is 0 Å². The Bertz CT molecular complexity index is 346. The van der Waals surface area contributed by atoms with Crippen molar-refractivity contribution in [1.29, 1.82) is 0 Å². The fourth-order valence-corrected chi connectivity index (χ4v) is 3.46.